The fourth-order valence-corrected chi connectivity index (χ4v) is 5.76. The predicted molar refractivity (Wildman–Crippen MR) is 158 cm³/mol. The molecule has 0 aromatic heterocycles. The standard InChI is InChI=1S/C30H36N4O6S/c1-5-23(4)31-30(36)28(6-2)32(20-24-13-11-10-12-22(24)3)29(35)21-33(25-16-18-26(19-17-25)34(37)38)41(39,40)27-14-8-7-9-15-27/h7-19,23,28H,5-6,20-21H2,1-4H3,(H,31,36)/t23-,28+/m0/s1. The van der Waals surface area contributed by atoms with Gasteiger partial charge in [-0.15, -0.1) is 0 Å². The van der Waals surface area contributed by atoms with Crippen molar-refractivity contribution in [2.75, 3.05) is 10.8 Å². The number of aryl methyl sites for hydroxylation is 1. The molecule has 0 saturated heterocycles. The van der Waals surface area contributed by atoms with E-state index in [1.54, 1.807) is 25.1 Å². The molecule has 0 spiro atoms. The molecule has 0 radical (unpaired) electrons. The van der Waals surface area contributed by atoms with Crippen molar-refractivity contribution in [1.29, 1.82) is 0 Å². The minimum absolute atomic E-state index is 0.0434. The van der Waals surface area contributed by atoms with E-state index in [9.17, 15) is 28.1 Å². The normalized spacial score (nSPS) is 12.7. The smallest absolute Gasteiger partial charge is 0.269 e. The Hall–Kier alpha value is -4.25. The quantitative estimate of drug-likeness (QED) is 0.228. The maximum absolute atomic E-state index is 14.1. The van der Waals surface area contributed by atoms with Crippen molar-refractivity contribution in [3.8, 4) is 0 Å². The van der Waals surface area contributed by atoms with E-state index in [1.165, 1.54) is 41.3 Å². The molecular weight excluding hydrogens is 544 g/mol. The molecule has 0 bridgehead atoms. The molecule has 0 fully saturated rings. The molecule has 1 N–H and O–H groups in total. The Morgan fingerprint density at radius 2 is 1.54 bits per heavy atom. The van der Waals surface area contributed by atoms with E-state index in [0.29, 0.717) is 12.8 Å². The second-order valence-electron chi connectivity index (χ2n) is 9.79. The molecule has 3 rings (SSSR count). The van der Waals surface area contributed by atoms with Crippen LogP contribution in [-0.2, 0) is 26.2 Å². The van der Waals surface area contributed by atoms with Crippen molar-refractivity contribution in [2.24, 2.45) is 0 Å². The lowest BCUT2D eigenvalue weighted by Crippen LogP contribution is -2.53. The van der Waals surface area contributed by atoms with Gasteiger partial charge in [0, 0.05) is 24.7 Å². The number of carbonyl (C=O) groups is 2. The van der Waals surface area contributed by atoms with Gasteiger partial charge in [-0.3, -0.25) is 24.0 Å². The first kappa shape index (κ1) is 31.3. The van der Waals surface area contributed by atoms with E-state index in [-0.39, 0.29) is 34.8 Å². The van der Waals surface area contributed by atoms with Gasteiger partial charge in [0.2, 0.25) is 11.8 Å². The Labute approximate surface area is 241 Å². The fourth-order valence-electron chi connectivity index (χ4n) is 4.32. The molecule has 0 heterocycles. The number of hydrogen-bond donors (Lipinski definition) is 1. The molecule has 0 unspecified atom stereocenters. The van der Waals surface area contributed by atoms with Crippen molar-refractivity contribution < 1.29 is 22.9 Å². The molecule has 41 heavy (non-hydrogen) atoms. The maximum Gasteiger partial charge on any atom is 0.269 e. The number of nitro groups is 1. The maximum atomic E-state index is 14.1. The van der Waals surface area contributed by atoms with Gasteiger partial charge in [0.15, 0.2) is 0 Å². The monoisotopic (exact) mass is 580 g/mol. The summed E-state index contributed by atoms with van der Waals surface area (Å²) in [6.45, 7) is 7.00. The van der Waals surface area contributed by atoms with E-state index in [1.807, 2.05) is 45.0 Å². The number of rotatable bonds is 13. The number of anilines is 1. The first-order chi connectivity index (χ1) is 19.5. The minimum Gasteiger partial charge on any atom is -0.352 e. The number of benzene rings is 3. The Balaban J connectivity index is 2.08. The van der Waals surface area contributed by atoms with Gasteiger partial charge in [0.1, 0.15) is 12.6 Å². The first-order valence-corrected chi connectivity index (χ1v) is 14.9. The van der Waals surface area contributed by atoms with Crippen LogP contribution in [0.1, 0.15) is 44.7 Å². The summed E-state index contributed by atoms with van der Waals surface area (Å²) in [6.07, 6.45) is 1.01. The Bertz CT molecular complexity index is 1460. The van der Waals surface area contributed by atoms with E-state index >= 15 is 0 Å². The number of sulfonamides is 1. The highest BCUT2D eigenvalue weighted by Gasteiger charge is 2.34. The Kier molecular flexibility index (Phi) is 10.6. The van der Waals surface area contributed by atoms with Gasteiger partial charge in [-0.25, -0.2) is 8.42 Å². The third-order valence-electron chi connectivity index (χ3n) is 6.95. The van der Waals surface area contributed by atoms with Crippen LogP contribution in [0.4, 0.5) is 11.4 Å². The Morgan fingerprint density at radius 3 is 2.10 bits per heavy atom. The highest BCUT2D eigenvalue weighted by atomic mass is 32.2. The van der Waals surface area contributed by atoms with E-state index in [4.69, 9.17) is 0 Å². The summed E-state index contributed by atoms with van der Waals surface area (Å²) in [7, 11) is -4.26. The molecule has 218 valence electrons. The SMILES string of the molecule is CC[C@H](C(=O)N[C@@H](C)CC)N(Cc1ccccc1C)C(=O)CN(c1ccc([N+](=O)[O-])cc1)S(=O)(=O)c1ccccc1. The number of non-ortho nitro benzene ring substituents is 1. The highest BCUT2D eigenvalue weighted by Crippen LogP contribution is 2.27. The van der Waals surface area contributed by atoms with Crippen molar-refractivity contribution >= 4 is 33.2 Å². The van der Waals surface area contributed by atoms with Crippen LogP contribution < -0.4 is 9.62 Å². The molecule has 0 aliphatic rings. The second-order valence-corrected chi connectivity index (χ2v) is 11.7. The summed E-state index contributed by atoms with van der Waals surface area (Å²) < 4.78 is 28.6. The van der Waals surface area contributed by atoms with E-state index in [0.717, 1.165) is 15.4 Å². The third kappa shape index (κ3) is 7.69. The van der Waals surface area contributed by atoms with Crippen LogP contribution in [0.25, 0.3) is 0 Å². The summed E-state index contributed by atoms with van der Waals surface area (Å²) >= 11 is 0. The van der Waals surface area contributed by atoms with Gasteiger partial charge in [-0.2, -0.15) is 0 Å². The van der Waals surface area contributed by atoms with Crippen LogP contribution in [0.2, 0.25) is 0 Å². The minimum atomic E-state index is -4.26. The number of hydrogen-bond acceptors (Lipinski definition) is 6. The zero-order chi connectivity index (χ0) is 30.2. The van der Waals surface area contributed by atoms with Crippen LogP contribution in [0.15, 0.2) is 83.8 Å². The Morgan fingerprint density at radius 1 is 0.927 bits per heavy atom. The van der Waals surface area contributed by atoms with Crippen LogP contribution in [0.3, 0.4) is 0 Å². The number of nitrogens with zero attached hydrogens (tertiary/aromatic N) is 3. The molecular formula is C30H36N4O6S. The lowest BCUT2D eigenvalue weighted by Gasteiger charge is -2.34. The molecule has 3 aromatic carbocycles. The van der Waals surface area contributed by atoms with Gasteiger partial charge < -0.3 is 10.2 Å². The highest BCUT2D eigenvalue weighted by molar-refractivity contribution is 7.92. The summed E-state index contributed by atoms with van der Waals surface area (Å²) in [4.78, 5) is 39.4. The van der Waals surface area contributed by atoms with E-state index < -0.39 is 33.4 Å². The number of amides is 2. The van der Waals surface area contributed by atoms with Crippen molar-refractivity contribution in [2.45, 2.75) is 64.1 Å². The molecule has 11 heteroatoms. The van der Waals surface area contributed by atoms with Crippen molar-refractivity contribution in [3.05, 3.63) is 100 Å². The lowest BCUT2D eigenvalue weighted by molar-refractivity contribution is -0.384. The summed E-state index contributed by atoms with van der Waals surface area (Å²) in [6, 6.07) is 19.1. The summed E-state index contributed by atoms with van der Waals surface area (Å²) in [5.74, 6) is -0.908. The second kappa shape index (κ2) is 13.9. The van der Waals surface area contributed by atoms with Gasteiger partial charge in [-0.1, -0.05) is 56.3 Å². The molecule has 3 aromatic rings. The van der Waals surface area contributed by atoms with Crippen LogP contribution in [0, 0.1) is 17.0 Å². The average Bonchev–Trinajstić information content (AvgIpc) is 2.97. The molecule has 0 aliphatic carbocycles. The molecule has 0 aliphatic heterocycles. The summed E-state index contributed by atoms with van der Waals surface area (Å²) in [5.41, 5.74) is 1.61. The van der Waals surface area contributed by atoms with Crippen molar-refractivity contribution in [1.82, 2.24) is 10.2 Å². The van der Waals surface area contributed by atoms with Gasteiger partial charge in [0.25, 0.3) is 15.7 Å². The largest absolute Gasteiger partial charge is 0.352 e. The van der Waals surface area contributed by atoms with Gasteiger partial charge >= 0.3 is 0 Å². The first-order valence-electron chi connectivity index (χ1n) is 13.5. The summed E-state index contributed by atoms with van der Waals surface area (Å²) in [5, 5.41) is 14.2. The fraction of sp³-hybridized carbons (Fsp3) is 0.333. The van der Waals surface area contributed by atoms with Crippen LogP contribution in [0.5, 0.6) is 0 Å². The predicted octanol–water partition coefficient (Wildman–Crippen LogP) is 4.82. The van der Waals surface area contributed by atoms with Crippen LogP contribution in [-0.4, -0.2) is 48.7 Å². The molecule has 10 nitrogen and oxygen atoms in total. The number of nitro benzene ring substituents is 1. The average molecular weight is 581 g/mol. The number of nitrogens with one attached hydrogen (secondary N) is 1. The third-order valence-corrected chi connectivity index (χ3v) is 8.74. The molecule has 2 atom stereocenters. The zero-order valence-electron chi connectivity index (χ0n) is 23.7. The van der Waals surface area contributed by atoms with E-state index in [2.05, 4.69) is 5.32 Å². The lowest BCUT2D eigenvalue weighted by atomic mass is 10.1. The topological polar surface area (TPSA) is 130 Å². The zero-order valence-corrected chi connectivity index (χ0v) is 24.5. The molecule has 0 saturated carbocycles. The molecule has 2 amide bonds. The van der Waals surface area contributed by atoms with Gasteiger partial charge in [0.05, 0.1) is 15.5 Å². The van der Waals surface area contributed by atoms with Crippen molar-refractivity contribution in [3.63, 3.8) is 0 Å². The number of carbonyl (C=O) groups excluding carboxylic acids is 2. The van der Waals surface area contributed by atoms with Gasteiger partial charge in [-0.05, 0) is 62.1 Å². The van der Waals surface area contributed by atoms with Crippen LogP contribution >= 0.6 is 0 Å².